The zero-order chi connectivity index (χ0) is 19.1. The van der Waals surface area contributed by atoms with Crippen LogP contribution < -0.4 is 0 Å². The first-order chi connectivity index (χ1) is 12.1. The Morgan fingerprint density at radius 3 is 2.04 bits per heavy atom. The molecule has 5 nitrogen and oxygen atoms in total. The lowest BCUT2D eigenvalue weighted by molar-refractivity contribution is 0.309. The van der Waals surface area contributed by atoms with Gasteiger partial charge < -0.3 is 0 Å². The molecule has 1 aliphatic heterocycles. The molecule has 0 saturated carbocycles. The van der Waals surface area contributed by atoms with Gasteiger partial charge in [0.2, 0.25) is 10.0 Å². The summed E-state index contributed by atoms with van der Waals surface area (Å²) in [4.78, 5) is 0.0659. The van der Waals surface area contributed by atoms with Crippen LogP contribution in [0.1, 0.15) is 5.56 Å². The lowest BCUT2D eigenvalue weighted by atomic mass is 10.2. The molecule has 0 N–H and O–H groups in total. The fraction of sp³-hybridized carbons (Fsp3) is 0.250. The van der Waals surface area contributed by atoms with Crippen molar-refractivity contribution < 1.29 is 25.6 Å². The van der Waals surface area contributed by atoms with E-state index in [1.54, 1.807) is 0 Å². The molecule has 3 rings (SSSR count). The maximum absolute atomic E-state index is 13.2. The number of rotatable bonds is 5. The molecule has 1 saturated heterocycles. The van der Waals surface area contributed by atoms with E-state index in [1.807, 2.05) is 0 Å². The van der Waals surface area contributed by atoms with Crippen LogP contribution in [0.3, 0.4) is 0 Å². The maximum Gasteiger partial charge on any atom is 0.218 e. The van der Waals surface area contributed by atoms with Gasteiger partial charge in [-0.3, -0.25) is 0 Å². The molecular formula is C16H14ClF2NO4S2. The lowest BCUT2D eigenvalue weighted by Crippen LogP contribution is -2.56. The third kappa shape index (κ3) is 3.90. The second-order valence-corrected chi connectivity index (χ2v) is 10.6. The van der Waals surface area contributed by atoms with Crippen LogP contribution in [-0.4, -0.2) is 39.5 Å². The molecule has 0 bridgehead atoms. The summed E-state index contributed by atoms with van der Waals surface area (Å²) in [5.74, 6) is -2.35. The molecule has 1 heterocycles. The molecule has 0 radical (unpaired) electrons. The minimum Gasteiger partial charge on any atom is -0.223 e. The number of hydrogen-bond donors (Lipinski definition) is 0. The topological polar surface area (TPSA) is 71.5 Å². The van der Waals surface area contributed by atoms with Crippen LogP contribution in [0.2, 0.25) is 5.02 Å². The number of nitrogens with zero attached hydrogens (tertiary/aromatic N) is 1. The highest BCUT2D eigenvalue weighted by Crippen LogP contribution is 2.28. The van der Waals surface area contributed by atoms with E-state index < -0.39 is 42.5 Å². The van der Waals surface area contributed by atoms with Gasteiger partial charge in [0.05, 0.1) is 15.9 Å². The number of benzene rings is 2. The summed E-state index contributed by atoms with van der Waals surface area (Å²) >= 11 is 5.74. The molecule has 0 spiro atoms. The molecule has 0 unspecified atom stereocenters. The van der Waals surface area contributed by atoms with E-state index in [1.165, 1.54) is 24.3 Å². The Morgan fingerprint density at radius 2 is 1.50 bits per heavy atom. The van der Waals surface area contributed by atoms with Crippen molar-refractivity contribution in [3.05, 3.63) is 64.7 Å². The van der Waals surface area contributed by atoms with E-state index in [4.69, 9.17) is 11.6 Å². The van der Waals surface area contributed by atoms with Crippen molar-refractivity contribution in [1.29, 1.82) is 0 Å². The van der Waals surface area contributed by atoms with Gasteiger partial charge in [-0.05, 0) is 42.0 Å². The van der Waals surface area contributed by atoms with E-state index in [-0.39, 0.29) is 23.5 Å². The summed E-state index contributed by atoms with van der Waals surface area (Å²) in [6.45, 7) is -0.407. The Morgan fingerprint density at radius 1 is 0.962 bits per heavy atom. The van der Waals surface area contributed by atoms with Gasteiger partial charge in [-0.15, -0.1) is 0 Å². The van der Waals surface area contributed by atoms with Crippen LogP contribution in [-0.2, 0) is 25.6 Å². The van der Waals surface area contributed by atoms with Gasteiger partial charge in [0.25, 0.3) is 0 Å². The standard InChI is InChI=1S/C16H14ClF2NO4S2/c17-12-1-3-15(4-2-12)26(23,24)16-8-20(9-16)25(21,22)10-11-5-13(18)7-14(19)6-11/h1-7,16H,8-10H2. The van der Waals surface area contributed by atoms with E-state index >= 15 is 0 Å². The van der Waals surface area contributed by atoms with Crippen molar-refractivity contribution in [2.45, 2.75) is 15.9 Å². The predicted molar refractivity (Wildman–Crippen MR) is 93.0 cm³/mol. The quantitative estimate of drug-likeness (QED) is 0.744. The first-order valence-corrected chi connectivity index (χ1v) is 11.0. The maximum atomic E-state index is 13.2. The average Bonchev–Trinajstić information content (AvgIpc) is 2.43. The van der Waals surface area contributed by atoms with Crippen LogP contribution in [0, 0.1) is 11.6 Å². The molecule has 0 aliphatic carbocycles. The largest absolute Gasteiger partial charge is 0.223 e. The molecule has 0 atom stereocenters. The zero-order valence-corrected chi connectivity index (χ0v) is 15.7. The second kappa shape index (κ2) is 6.88. The summed E-state index contributed by atoms with van der Waals surface area (Å²) in [6, 6.07) is 8.13. The average molecular weight is 422 g/mol. The summed E-state index contributed by atoms with van der Waals surface area (Å²) in [5.41, 5.74) is -0.0356. The first-order valence-electron chi connectivity index (χ1n) is 7.50. The van der Waals surface area contributed by atoms with Crippen molar-refractivity contribution in [1.82, 2.24) is 4.31 Å². The molecule has 2 aromatic rings. The Kier molecular flexibility index (Phi) is 5.08. The SMILES string of the molecule is O=S(=O)(c1ccc(Cl)cc1)C1CN(S(=O)(=O)Cc2cc(F)cc(F)c2)C1. The highest BCUT2D eigenvalue weighted by molar-refractivity contribution is 7.92. The van der Waals surface area contributed by atoms with Crippen LogP contribution in [0.4, 0.5) is 8.78 Å². The molecule has 1 fully saturated rings. The Balaban J connectivity index is 1.71. The predicted octanol–water partition coefficient (Wildman–Crippen LogP) is 2.61. The first kappa shape index (κ1) is 19.2. The van der Waals surface area contributed by atoms with Crippen molar-refractivity contribution in [2.75, 3.05) is 13.1 Å². The van der Waals surface area contributed by atoms with Crippen LogP contribution in [0.15, 0.2) is 47.4 Å². The molecular weight excluding hydrogens is 408 g/mol. The lowest BCUT2D eigenvalue weighted by Gasteiger charge is -2.37. The molecule has 2 aromatic carbocycles. The van der Waals surface area contributed by atoms with E-state index in [0.717, 1.165) is 16.4 Å². The van der Waals surface area contributed by atoms with E-state index in [0.29, 0.717) is 11.1 Å². The fourth-order valence-electron chi connectivity index (χ4n) is 2.64. The van der Waals surface area contributed by atoms with Gasteiger partial charge in [0, 0.05) is 24.2 Å². The summed E-state index contributed by atoms with van der Waals surface area (Å²) in [6.07, 6.45) is 0. The zero-order valence-electron chi connectivity index (χ0n) is 13.3. The van der Waals surface area contributed by atoms with Gasteiger partial charge in [0.1, 0.15) is 11.6 Å². The molecule has 26 heavy (non-hydrogen) atoms. The third-order valence-corrected chi connectivity index (χ3v) is 8.20. The number of sulfonamides is 1. The van der Waals surface area contributed by atoms with Gasteiger partial charge >= 0.3 is 0 Å². The molecule has 0 amide bonds. The Hall–Kier alpha value is -1.55. The van der Waals surface area contributed by atoms with E-state index in [9.17, 15) is 25.6 Å². The van der Waals surface area contributed by atoms with E-state index in [2.05, 4.69) is 0 Å². The molecule has 10 heteroatoms. The van der Waals surface area contributed by atoms with Gasteiger partial charge in [-0.25, -0.2) is 25.6 Å². The molecule has 1 aliphatic rings. The molecule has 0 aromatic heterocycles. The number of sulfone groups is 1. The van der Waals surface area contributed by atoms with Crippen molar-refractivity contribution in [3.8, 4) is 0 Å². The third-order valence-electron chi connectivity index (χ3n) is 4.06. The van der Waals surface area contributed by atoms with Crippen LogP contribution in [0.25, 0.3) is 0 Å². The van der Waals surface area contributed by atoms with Gasteiger partial charge in [-0.2, -0.15) is 4.31 Å². The molecule has 140 valence electrons. The van der Waals surface area contributed by atoms with Crippen molar-refractivity contribution in [2.24, 2.45) is 0 Å². The van der Waals surface area contributed by atoms with Crippen molar-refractivity contribution >= 4 is 31.5 Å². The summed E-state index contributed by atoms with van der Waals surface area (Å²) in [7, 11) is -7.56. The van der Waals surface area contributed by atoms with Gasteiger partial charge in [-0.1, -0.05) is 11.6 Å². The second-order valence-electron chi connectivity index (χ2n) is 5.97. The number of halogens is 3. The minimum atomic E-state index is -3.88. The normalized spacial score (nSPS) is 16.4. The van der Waals surface area contributed by atoms with Crippen LogP contribution >= 0.6 is 11.6 Å². The van der Waals surface area contributed by atoms with Crippen molar-refractivity contribution in [3.63, 3.8) is 0 Å². The number of hydrogen-bond acceptors (Lipinski definition) is 4. The monoisotopic (exact) mass is 421 g/mol. The highest BCUT2D eigenvalue weighted by Gasteiger charge is 2.43. The minimum absolute atomic E-state index is 0.0356. The van der Waals surface area contributed by atoms with Crippen LogP contribution in [0.5, 0.6) is 0 Å². The summed E-state index contributed by atoms with van der Waals surface area (Å²) < 4.78 is 77.0. The van der Waals surface area contributed by atoms with Gasteiger partial charge in [0.15, 0.2) is 9.84 Å². The Bertz CT molecular complexity index is 1010. The highest BCUT2D eigenvalue weighted by atomic mass is 35.5. The smallest absolute Gasteiger partial charge is 0.218 e. The summed E-state index contributed by atoms with van der Waals surface area (Å²) in [5, 5.41) is -0.480. The fourth-order valence-corrected chi connectivity index (χ4v) is 6.19. The Labute approximate surface area is 155 Å².